The van der Waals surface area contributed by atoms with Gasteiger partial charge in [0.05, 0.1) is 0 Å². The van der Waals surface area contributed by atoms with Gasteiger partial charge < -0.3 is 0 Å². The molecule has 0 aromatic heterocycles. The van der Waals surface area contributed by atoms with E-state index in [1.165, 1.54) is 37.7 Å². The maximum Gasteiger partial charge on any atom is 0.166 e. The molecule has 0 radical (unpaired) electrons. The van der Waals surface area contributed by atoms with Crippen molar-refractivity contribution < 1.29 is 4.79 Å². The predicted octanol–water partition coefficient (Wildman–Crippen LogP) is 4.56. The minimum absolute atomic E-state index is 0.336. The lowest BCUT2D eigenvalue weighted by Crippen LogP contribution is -2.48. The molecule has 0 spiro atoms. The Bertz CT molecular complexity index is 529. The van der Waals surface area contributed by atoms with Crippen LogP contribution in [0.25, 0.3) is 0 Å². The molecule has 1 aromatic carbocycles. The van der Waals surface area contributed by atoms with Crippen molar-refractivity contribution >= 4 is 5.78 Å². The molecule has 106 valence electrons. The lowest BCUT2D eigenvalue weighted by atomic mass is 9.51. The summed E-state index contributed by atoms with van der Waals surface area (Å²) in [4.78, 5) is 13.1. The second-order valence-corrected chi connectivity index (χ2v) is 7.64. The van der Waals surface area contributed by atoms with Crippen LogP contribution in [0.2, 0.25) is 0 Å². The zero-order valence-electron chi connectivity index (χ0n) is 12.6. The summed E-state index contributed by atoms with van der Waals surface area (Å²) < 4.78 is 0. The third-order valence-corrected chi connectivity index (χ3v) is 6.19. The van der Waals surface area contributed by atoms with Crippen LogP contribution in [0.3, 0.4) is 0 Å². The van der Waals surface area contributed by atoms with Crippen molar-refractivity contribution in [2.24, 2.45) is 29.6 Å². The van der Waals surface area contributed by atoms with Gasteiger partial charge >= 0.3 is 0 Å². The molecule has 0 amide bonds. The van der Waals surface area contributed by atoms with E-state index in [0.29, 0.717) is 23.5 Å². The fourth-order valence-corrected chi connectivity index (χ4v) is 5.53. The molecule has 1 nitrogen and oxygen atoms in total. The van der Waals surface area contributed by atoms with Gasteiger partial charge in [0.15, 0.2) is 5.78 Å². The Morgan fingerprint density at radius 3 is 2.15 bits per heavy atom. The maximum atomic E-state index is 13.1. The van der Waals surface area contributed by atoms with E-state index in [4.69, 9.17) is 0 Å². The summed E-state index contributed by atoms with van der Waals surface area (Å²) >= 11 is 0. The van der Waals surface area contributed by atoms with Crippen LogP contribution in [0.15, 0.2) is 18.2 Å². The van der Waals surface area contributed by atoms with Gasteiger partial charge in [0.25, 0.3) is 0 Å². The molecule has 4 bridgehead atoms. The van der Waals surface area contributed by atoms with Crippen LogP contribution in [-0.4, -0.2) is 5.78 Å². The number of aryl methyl sites for hydroxylation is 2. The average Bonchev–Trinajstić information content (AvgIpc) is 2.40. The zero-order chi connectivity index (χ0) is 13.9. The molecule has 4 aliphatic carbocycles. The van der Waals surface area contributed by atoms with Gasteiger partial charge in [0.1, 0.15) is 0 Å². The van der Waals surface area contributed by atoms with Crippen molar-refractivity contribution in [3.8, 4) is 0 Å². The van der Waals surface area contributed by atoms with Crippen LogP contribution in [-0.2, 0) is 0 Å². The van der Waals surface area contributed by atoms with E-state index in [-0.39, 0.29) is 0 Å². The van der Waals surface area contributed by atoms with Crippen LogP contribution in [0.1, 0.15) is 53.6 Å². The highest BCUT2D eigenvalue weighted by Crippen LogP contribution is 2.57. The Morgan fingerprint density at radius 2 is 1.55 bits per heavy atom. The second-order valence-electron chi connectivity index (χ2n) is 7.64. The molecule has 1 heteroatoms. The molecular formula is C19H24O. The molecule has 0 saturated heterocycles. The Hall–Kier alpha value is -1.11. The highest BCUT2D eigenvalue weighted by Gasteiger charge is 2.50. The fourth-order valence-electron chi connectivity index (χ4n) is 5.53. The molecule has 0 atom stereocenters. The molecule has 4 saturated carbocycles. The van der Waals surface area contributed by atoms with Gasteiger partial charge in [0.2, 0.25) is 0 Å². The molecule has 0 unspecified atom stereocenters. The summed E-state index contributed by atoms with van der Waals surface area (Å²) in [6, 6.07) is 6.34. The van der Waals surface area contributed by atoms with E-state index in [1.807, 2.05) is 0 Å². The first-order valence-electron chi connectivity index (χ1n) is 8.23. The highest BCUT2D eigenvalue weighted by atomic mass is 16.1. The molecule has 4 aliphatic rings. The third kappa shape index (κ3) is 1.86. The topological polar surface area (TPSA) is 17.1 Å². The monoisotopic (exact) mass is 268 g/mol. The van der Waals surface area contributed by atoms with E-state index in [9.17, 15) is 4.79 Å². The van der Waals surface area contributed by atoms with Gasteiger partial charge in [-0.05, 0) is 81.3 Å². The average molecular weight is 268 g/mol. The second kappa shape index (κ2) is 4.44. The van der Waals surface area contributed by atoms with Crippen LogP contribution in [0, 0.1) is 43.4 Å². The standard InChI is InChI=1S/C19H24O/c1-11-3-4-12(2)17(5-11)19(20)18-15-7-13-6-14(9-15)10-16(18)8-13/h3-5,13-16,18H,6-10H2,1-2H3. The van der Waals surface area contributed by atoms with Gasteiger partial charge in [-0.1, -0.05) is 17.7 Å². The van der Waals surface area contributed by atoms with Gasteiger partial charge in [-0.25, -0.2) is 0 Å². The van der Waals surface area contributed by atoms with Crippen LogP contribution >= 0.6 is 0 Å². The fraction of sp³-hybridized carbons (Fsp3) is 0.632. The maximum absolute atomic E-state index is 13.1. The molecule has 0 aliphatic heterocycles. The number of benzene rings is 1. The van der Waals surface area contributed by atoms with E-state index in [1.54, 1.807) is 0 Å². The molecule has 0 heterocycles. The lowest BCUT2D eigenvalue weighted by Gasteiger charge is -2.53. The van der Waals surface area contributed by atoms with Crippen LogP contribution in [0.5, 0.6) is 0 Å². The first-order valence-corrected chi connectivity index (χ1v) is 8.23. The number of ketones is 1. The lowest BCUT2D eigenvalue weighted by molar-refractivity contribution is -0.0251. The van der Waals surface area contributed by atoms with Crippen molar-refractivity contribution in [1.82, 2.24) is 0 Å². The summed E-state index contributed by atoms with van der Waals surface area (Å²) in [5.74, 6) is 4.07. The van der Waals surface area contributed by atoms with Crippen molar-refractivity contribution in [1.29, 1.82) is 0 Å². The smallest absolute Gasteiger partial charge is 0.166 e. The Labute approximate surface area is 121 Å². The molecule has 20 heavy (non-hydrogen) atoms. The van der Waals surface area contributed by atoms with Crippen molar-refractivity contribution in [2.75, 3.05) is 0 Å². The molecule has 0 N–H and O–H groups in total. The summed E-state index contributed by atoms with van der Waals surface area (Å²) in [6.07, 6.45) is 6.77. The van der Waals surface area contributed by atoms with Gasteiger partial charge in [-0.2, -0.15) is 0 Å². The number of hydrogen-bond acceptors (Lipinski definition) is 1. The van der Waals surface area contributed by atoms with Crippen molar-refractivity contribution in [3.63, 3.8) is 0 Å². The largest absolute Gasteiger partial charge is 0.294 e. The summed E-state index contributed by atoms with van der Waals surface area (Å²) in [7, 11) is 0. The Morgan fingerprint density at radius 1 is 0.950 bits per heavy atom. The van der Waals surface area contributed by atoms with Crippen molar-refractivity contribution in [3.05, 3.63) is 34.9 Å². The predicted molar refractivity (Wildman–Crippen MR) is 80.8 cm³/mol. The number of hydrogen-bond donors (Lipinski definition) is 0. The van der Waals surface area contributed by atoms with E-state index >= 15 is 0 Å². The number of Topliss-reactive ketones (excluding diaryl/α,β-unsaturated/α-hetero) is 1. The molecule has 5 rings (SSSR count). The SMILES string of the molecule is Cc1ccc(C)c(C(=O)C2C3CC4CC(C3)CC2C4)c1. The zero-order valence-corrected chi connectivity index (χ0v) is 12.6. The van der Waals surface area contributed by atoms with Crippen LogP contribution < -0.4 is 0 Å². The van der Waals surface area contributed by atoms with E-state index < -0.39 is 0 Å². The minimum Gasteiger partial charge on any atom is -0.294 e. The van der Waals surface area contributed by atoms with Gasteiger partial charge in [0, 0.05) is 11.5 Å². The molecular weight excluding hydrogens is 244 g/mol. The Balaban J connectivity index is 1.67. The first kappa shape index (κ1) is 12.6. The number of rotatable bonds is 2. The number of carbonyl (C=O) groups is 1. The van der Waals surface area contributed by atoms with Crippen molar-refractivity contribution in [2.45, 2.75) is 46.0 Å². The van der Waals surface area contributed by atoms with Crippen LogP contribution in [0.4, 0.5) is 0 Å². The van der Waals surface area contributed by atoms with E-state index in [2.05, 4.69) is 32.0 Å². The molecule has 4 fully saturated rings. The van der Waals surface area contributed by atoms with E-state index in [0.717, 1.165) is 23.0 Å². The molecule has 1 aromatic rings. The first-order chi connectivity index (χ1) is 9.61. The minimum atomic E-state index is 0.336. The summed E-state index contributed by atoms with van der Waals surface area (Å²) in [5.41, 5.74) is 3.37. The van der Waals surface area contributed by atoms with Gasteiger partial charge in [-0.3, -0.25) is 4.79 Å². The highest BCUT2D eigenvalue weighted by molar-refractivity contribution is 5.99. The number of carbonyl (C=O) groups excluding carboxylic acids is 1. The summed E-state index contributed by atoms with van der Waals surface area (Å²) in [6.45, 7) is 4.18. The Kier molecular flexibility index (Phi) is 2.80. The third-order valence-electron chi connectivity index (χ3n) is 6.19. The van der Waals surface area contributed by atoms with Gasteiger partial charge in [-0.15, -0.1) is 0 Å². The normalized spacial score (nSPS) is 38.2. The quantitative estimate of drug-likeness (QED) is 0.719. The summed E-state index contributed by atoms with van der Waals surface area (Å²) in [5, 5.41) is 0.